The molecule has 0 spiro atoms. The van der Waals surface area contributed by atoms with Crippen molar-refractivity contribution in [2.45, 2.75) is 39.2 Å². The number of hydrogen-bond donors (Lipinski definition) is 1. The number of nitrogen functional groups attached to an aromatic ring is 1. The number of rotatable bonds is 3. The van der Waals surface area contributed by atoms with E-state index in [1.807, 2.05) is 20.8 Å². The number of ether oxygens (including phenoxy) is 2. The molecule has 1 aromatic carbocycles. The van der Waals surface area contributed by atoms with Crippen molar-refractivity contribution in [1.82, 2.24) is 4.90 Å². The lowest BCUT2D eigenvalue weighted by Gasteiger charge is -2.33. The van der Waals surface area contributed by atoms with Gasteiger partial charge in [-0.25, -0.2) is 4.79 Å². The third kappa shape index (κ3) is 4.40. The SMILES string of the molecule is COc1cc(C(=O)C2CCN(C(=O)OC(C)(C)C)CC2)ccc1N. The second-order valence-electron chi connectivity index (χ2n) is 7.06. The molecule has 24 heavy (non-hydrogen) atoms. The van der Waals surface area contributed by atoms with E-state index in [-0.39, 0.29) is 17.8 Å². The quantitative estimate of drug-likeness (QED) is 0.678. The van der Waals surface area contributed by atoms with Crippen LogP contribution in [0.3, 0.4) is 0 Å². The van der Waals surface area contributed by atoms with Crippen LogP contribution in [0.15, 0.2) is 18.2 Å². The van der Waals surface area contributed by atoms with Gasteiger partial charge in [-0.3, -0.25) is 4.79 Å². The maximum absolute atomic E-state index is 12.7. The van der Waals surface area contributed by atoms with Crippen molar-refractivity contribution in [3.8, 4) is 5.75 Å². The molecule has 1 heterocycles. The molecular formula is C18H26N2O4. The van der Waals surface area contributed by atoms with Crippen molar-refractivity contribution in [3.05, 3.63) is 23.8 Å². The number of nitrogens with two attached hydrogens (primary N) is 1. The summed E-state index contributed by atoms with van der Waals surface area (Å²) in [6, 6.07) is 5.08. The van der Waals surface area contributed by atoms with Crippen LogP contribution in [-0.2, 0) is 4.74 Å². The number of carbonyl (C=O) groups is 2. The summed E-state index contributed by atoms with van der Waals surface area (Å²) in [4.78, 5) is 26.4. The summed E-state index contributed by atoms with van der Waals surface area (Å²) >= 11 is 0. The number of ketones is 1. The summed E-state index contributed by atoms with van der Waals surface area (Å²) in [5.41, 5.74) is 6.38. The maximum atomic E-state index is 12.7. The number of anilines is 1. The summed E-state index contributed by atoms with van der Waals surface area (Å²) < 4.78 is 10.5. The van der Waals surface area contributed by atoms with E-state index in [4.69, 9.17) is 15.2 Å². The van der Waals surface area contributed by atoms with Gasteiger partial charge in [-0.05, 0) is 51.8 Å². The van der Waals surface area contributed by atoms with Crippen LogP contribution in [-0.4, -0.2) is 42.6 Å². The number of piperidine rings is 1. The Morgan fingerprint density at radius 2 is 1.83 bits per heavy atom. The van der Waals surface area contributed by atoms with Gasteiger partial charge in [-0.2, -0.15) is 0 Å². The number of Topliss-reactive ketones (excluding diaryl/α,β-unsaturated/α-hetero) is 1. The fraction of sp³-hybridized carbons (Fsp3) is 0.556. The summed E-state index contributed by atoms with van der Waals surface area (Å²) in [6.45, 7) is 6.58. The first-order chi connectivity index (χ1) is 11.2. The van der Waals surface area contributed by atoms with E-state index in [2.05, 4.69) is 0 Å². The van der Waals surface area contributed by atoms with Crippen LogP contribution < -0.4 is 10.5 Å². The van der Waals surface area contributed by atoms with E-state index in [9.17, 15) is 9.59 Å². The fourth-order valence-corrected chi connectivity index (χ4v) is 2.75. The first kappa shape index (κ1) is 18.1. The van der Waals surface area contributed by atoms with E-state index in [0.717, 1.165) is 0 Å². The Morgan fingerprint density at radius 3 is 2.38 bits per heavy atom. The molecule has 1 aromatic rings. The van der Waals surface area contributed by atoms with Crippen LogP contribution in [0.2, 0.25) is 0 Å². The van der Waals surface area contributed by atoms with E-state index >= 15 is 0 Å². The fourth-order valence-electron chi connectivity index (χ4n) is 2.75. The third-order valence-corrected chi connectivity index (χ3v) is 4.04. The lowest BCUT2D eigenvalue weighted by atomic mass is 9.89. The Bertz CT molecular complexity index is 614. The van der Waals surface area contributed by atoms with Gasteiger partial charge in [0.05, 0.1) is 12.8 Å². The lowest BCUT2D eigenvalue weighted by Crippen LogP contribution is -2.43. The Labute approximate surface area is 142 Å². The molecule has 0 aromatic heterocycles. The molecule has 0 radical (unpaired) electrons. The molecule has 0 bridgehead atoms. The second-order valence-corrected chi connectivity index (χ2v) is 7.06. The van der Waals surface area contributed by atoms with Crippen LogP contribution >= 0.6 is 0 Å². The van der Waals surface area contributed by atoms with Gasteiger partial charge in [0.2, 0.25) is 0 Å². The highest BCUT2D eigenvalue weighted by atomic mass is 16.6. The average molecular weight is 334 g/mol. The van der Waals surface area contributed by atoms with Gasteiger partial charge >= 0.3 is 6.09 Å². The largest absolute Gasteiger partial charge is 0.495 e. The molecule has 1 saturated heterocycles. The van der Waals surface area contributed by atoms with E-state index in [1.165, 1.54) is 7.11 Å². The van der Waals surface area contributed by atoms with Gasteiger partial charge in [-0.1, -0.05) is 0 Å². The van der Waals surface area contributed by atoms with Gasteiger partial charge in [0.1, 0.15) is 11.4 Å². The zero-order valence-electron chi connectivity index (χ0n) is 14.8. The Morgan fingerprint density at radius 1 is 1.21 bits per heavy atom. The lowest BCUT2D eigenvalue weighted by molar-refractivity contribution is 0.0182. The first-order valence-corrected chi connectivity index (χ1v) is 8.17. The monoisotopic (exact) mass is 334 g/mol. The molecule has 1 aliphatic rings. The van der Waals surface area contributed by atoms with E-state index < -0.39 is 5.60 Å². The molecule has 0 unspecified atom stereocenters. The topological polar surface area (TPSA) is 81.9 Å². The summed E-state index contributed by atoms with van der Waals surface area (Å²) in [5.74, 6) is 0.473. The van der Waals surface area contributed by atoms with Crippen molar-refractivity contribution in [3.63, 3.8) is 0 Å². The van der Waals surface area contributed by atoms with E-state index in [1.54, 1.807) is 23.1 Å². The van der Waals surface area contributed by atoms with E-state index in [0.29, 0.717) is 42.9 Å². The van der Waals surface area contributed by atoms with Crippen LogP contribution in [0.1, 0.15) is 44.0 Å². The van der Waals surface area contributed by atoms with Crippen molar-refractivity contribution in [2.24, 2.45) is 5.92 Å². The summed E-state index contributed by atoms with van der Waals surface area (Å²) in [6.07, 6.45) is 0.942. The standard InChI is InChI=1S/C18H26N2O4/c1-18(2,3)24-17(22)20-9-7-12(8-10-20)16(21)13-5-6-14(19)15(11-13)23-4/h5-6,11-12H,7-10,19H2,1-4H3. The van der Waals surface area contributed by atoms with Crippen molar-refractivity contribution in [1.29, 1.82) is 0 Å². The number of hydrogen-bond acceptors (Lipinski definition) is 5. The van der Waals surface area contributed by atoms with Crippen LogP contribution in [0, 0.1) is 5.92 Å². The molecule has 6 heteroatoms. The molecule has 0 atom stereocenters. The highest BCUT2D eigenvalue weighted by molar-refractivity contribution is 5.98. The second kappa shape index (κ2) is 7.11. The number of methoxy groups -OCH3 is 1. The highest BCUT2D eigenvalue weighted by Gasteiger charge is 2.30. The van der Waals surface area contributed by atoms with Gasteiger partial charge in [0.15, 0.2) is 5.78 Å². The summed E-state index contributed by atoms with van der Waals surface area (Å²) in [5, 5.41) is 0. The van der Waals surface area contributed by atoms with Gasteiger partial charge in [0.25, 0.3) is 0 Å². The van der Waals surface area contributed by atoms with Gasteiger partial charge in [0, 0.05) is 24.6 Å². The molecular weight excluding hydrogens is 308 g/mol. The molecule has 2 N–H and O–H groups in total. The molecule has 1 amide bonds. The first-order valence-electron chi connectivity index (χ1n) is 8.17. The number of carbonyl (C=O) groups excluding carboxylic acids is 2. The minimum Gasteiger partial charge on any atom is -0.495 e. The number of likely N-dealkylation sites (tertiary alicyclic amines) is 1. The molecule has 6 nitrogen and oxygen atoms in total. The van der Waals surface area contributed by atoms with Gasteiger partial charge < -0.3 is 20.1 Å². The Balaban J connectivity index is 1.97. The predicted octanol–water partition coefficient (Wildman–Crippen LogP) is 3.11. The van der Waals surface area contributed by atoms with Gasteiger partial charge in [-0.15, -0.1) is 0 Å². The zero-order valence-corrected chi connectivity index (χ0v) is 14.8. The minimum atomic E-state index is -0.510. The molecule has 132 valence electrons. The zero-order chi connectivity index (χ0) is 17.9. The summed E-state index contributed by atoms with van der Waals surface area (Å²) in [7, 11) is 1.53. The van der Waals surface area contributed by atoms with Crippen LogP contribution in [0.4, 0.5) is 10.5 Å². The highest BCUT2D eigenvalue weighted by Crippen LogP contribution is 2.27. The predicted molar refractivity (Wildman–Crippen MR) is 92.3 cm³/mol. The Hall–Kier alpha value is -2.24. The third-order valence-electron chi connectivity index (χ3n) is 4.04. The molecule has 0 saturated carbocycles. The van der Waals surface area contributed by atoms with Crippen molar-refractivity contribution < 1.29 is 19.1 Å². The van der Waals surface area contributed by atoms with Crippen LogP contribution in [0.25, 0.3) is 0 Å². The molecule has 1 aliphatic heterocycles. The number of nitrogens with zero attached hydrogens (tertiary/aromatic N) is 1. The molecule has 1 fully saturated rings. The smallest absolute Gasteiger partial charge is 0.410 e. The number of amides is 1. The Kier molecular flexibility index (Phi) is 5.36. The minimum absolute atomic E-state index is 0.0668. The molecule has 2 rings (SSSR count). The maximum Gasteiger partial charge on any atom is 0.410 e. The van der Waals surface area contributed by atoms with Crippen LogP contribution in [0.5, 0.6) is 5.75 Å². The number of benzene rings is 1. The van der Waals surface area contributed by atoms with Crippen molar-refractivity contribution >= 4 is 17.6 Å². The normalized spacial score (nSPS) is 15.9. The van der Waals surface area contributed by atoms with Crippen molar-refractivity contribution in [2.75, 3.05) is 25.9 Å². The molecule has 0 aliphatic carbocycles. The average Bonchev–Trinajstić information content (AvgIpc) is 2.53.